The van der Waals surface area contributed by atoms with Crippen molar-refractivity contribution in [1.82, 2.24) is 4.90 Å². The van der Waals surface area contributed by atoms with Crippen molar-refractivity contribution in [2.24, 2.45) is 0 Å². The molecule has 3 heteroatoms. The zero-order valence-electron chi connectivity index (χ0n) is 14.7. The number of nitrogens with zero attached hydrogens (tertiary/aromatic N) is 1. The molecule has 0 saturated carbocycles. The Hall–Kier alpha value is -2.03. The lowest BCUT2D eigenvalue weighted by atomic mass is 9.85. The van der Waals surface area contributed by atoms with E-state index in [4.69, 9.17) is 4.74 Å². The topological polar surface area (TPSA) is 12.5 Å². The van der Waals surface area contributed by atoms with Gasteiger partial charge in [0.15, 0.2) is 0 Å². The highest BCUT2D eigenvalue weighted by Crippen LogP contribution is 2.36. The molecule has 25 heavy (non-hydrogen) atoms. The Labute approximate surface area is 155 Å². The van der Waals surface area contributed by atoms with Gasteiger partial charge in [-0.1, -0.05) is 54.6 Å². The van der Waals surface area contributed by atoms with E-state index < -0.39 is 0 Å². The Balaban J connectivity index is 0.00000182. The molecule has 3 aromatic rings. The van der Waals surface area contributed by atoms with Crippen molar-refractivity contribution < 1.29 is 4.74 Å². The predicted octanol–water partition coefficient (Wildman–Crippen LogP) is 4.87. The third kappa shape index (κ3) is 3.51. The lowest BCUT2D eigenvalue weighted by Gasteiger charge is -2.30. The largest absolute Gasteiger partial charge is 0.488 e. The van der Waals surface area contributed by atoms with Crippen LogP contribution < -0.4 is 4.74 Å². The average Bonchev–Trinajstić information content (AvgIpc) is 2.62. The molecule has 0 saturated heterocycles. The van der Waals surface area contributed by atoms with Gasteiger partial charge in [-0.15, -0.1) is 12.4 Å². The third-order valence-corrected chi connectivity index (χ3v) is 5.05. The first kappa shape index (κ1) is 17.8. The van der Waals surface area contributed by atoms with E-state index in [-0.39, 0.29) is 12.4 Å². The predicted molar refractivity (Wildman–Crippen MR) is 107 cm³/mol. The van der Waals surface area contributed by atoms with E-state index >= 15 is 0 Å². The zero-order chi connectivity index (χ0) is 16.5. The second kappa shape index (κ2) is 7.47. The second-order valence-corrected chi connectivity index (χ2v) is 6.86. The molecule has 0 N–H and O–H groups in total. The van der Waals surface area contributed by atoms with Gasteiger partial charge in [-0.25, -0.2) is 0 Å². The summed E-state index contributed by atoms with van der Waals surface area (Å²) < 4.78 is 6.15. The summed E-state index contributed by atoms with van der Waals surface area (Å²) in [5.41, 5.74) is 4.08. The molecular weight excluding hydrogens is 330 g/mol. The minimum atomic E-state index is 0. The zero-order valence-corrected chi connectivity index (χ0v) is 15.6. The number of hydrogen-bond donors (Lipinski definition) is 0. The van der Waals surface area contributed by atoms with Crippen LogP contribution in [-0.4, -0.2) is 25.0 Å². The Morgan fingerprint density at radius 3 is 2.32 bits per heavy atom. The number of halogens is 1. The minimum Gasteiger partial charge on any atom is -0.488 e. The van der Waals surface area contributed by atoms with E-state index in [0.29, 0.717) is 12.6 Å². The molecule has 0 aromatic heterocycles. The highest BCUT2D eigenvalue weighted by molar-refractivity contribution is 5.94. The molecule has 1 atom stereocenters. The lowest BCUT2D eigenvalue weighted by molar-refractivity contribution is 0.287. The van der Waals surface area contributed by atoms with Crippen LogP contribution in [0.5, 0.6) is 5.75 Å². The van der Waals surface area contributed by atoms with E-state index in [0.717, 1.165) is 18.6 Å². The summed E-state index contributed by atoms with van der Waals surface area (Å²) >= 11 is 0. The lowest BCUT2D eigenvalue weighted by Crippen LogP contribution is -2.34. The van der Waals surface area contributed by atoms with Gasteiger partial charge in [0.1, 0.15) is 12.4 Å². The van der Waals surface area contributed by atoms with Crippen LogP contribution in [0, 0.1) is 0 Å². The highest BCUT2D eigenvalue weighted by atomic mass is 35.5. The Bertz CT molecular complexity index is 848. The van der Waals surface area contributed by atoms with Gasteiger partial charge in [0.05, 0.1) is 0 Å². The van der Waals surface area contributed by atoms with E-state index in [1.54, 1.807) is 0 Å². The maximum atomic E-state index is 6.15. The minimum absolute atomic E-state index is 0. The van der Waals surface area contributed by atoms with Crippen molar-refractivity contribution in [1.29, 1.82) is 0 Å². The molecule has 0 amide bonds. The molecule has 0 bridgehead atoms. The van der Waals surface area contributed by atoms with Gasteiger partial charge in [0.25, 0.3) is 0 Å². The summed E-state index contributed by atoms with van der Waals surface area (Å²) in [6.45, 7) is 0.611. The van der Waals surface area contributed by atoms with Crippen molar-refractivity contribution >= 4 is 23.2 Å². The van der Waals surface area contributed by atoms with E-state index in [1.807, 2.05) is 6.07 Å². The summed E-state index contributed by atoms with van der Waals surface area (Å²) in [4.78, 5) is 2.33. The maximum Gasteiger partial charge on any atom is 0.127 e. The number of rotatable bonds is 4. The molecule has 3 aromatic carbocycles. The van der Waals surface area contributed by atoms with Gasteiger partial charge in [-0.2, -0.15) is 0 Å². The Kier molecular flexibility index (Phi) is 5.31. The van der Waals surface area contributed by atoms with Crippen molar-refractivity contribution in [3.05, 3.63) is 77.4 Å². The molecule has 0 aliphatic heterocycles. The molecule has 1 aliphatic carbocycles. The van der Waals surface area contributed by atoms with Crippen LogP contribution in [0.15, 0.2) is 60.7 Å². The summed E-state index contributed by atoms with van der Waals surface area (Å²) in [7, 11) is 4.35. The molecule has 1 aliphatic rings. The van der Waals surface area contributed by atoms with E-state index in [9.17, 15) is 0 Å². The van der Waals surface area contributed by atoms with Crippen LogP contribution in [0.25, 0.3) is 10.8 Å². The monoisotopic (exact) mass is 353 g/mol. The van der Waals surface area contributed by atoms with Crippen LogP contribution in [0.3, 0.4) is 0 Å². The third-order valence-electron chi connectivity index (χ3n) is 5.05. The Morgan fingerprint density at radius 1 is 0.880 bits per heavy atom. The van der Waals surface area contributed by atoms with Crippen molar-refractivity contribution in [2.75, 3.05) is 14.1 Å². The van der Waals surface area contributed by atoms with Crippen LogP contribution in [0.1, 0.15) is 16.7 Å². The molecule has 130 valence electrons. The molecule has 1 unspecified atom stereocenters. The van der Waals surface area contributed by atoms with Crippen LogP contribution in [0.2, 0.25) is 0 Å². The average molecular weight is 354 g/mol. The summed E-state index contributed by atoms with van der Waals surface area (Å²) in [5, 5.41) is 2.65. The van der Waals surface area contributed by atoms with Crippen molar-refractivity contribution in [3.63, 3.8) is 0 Å². The van der Waals surface area contributed by atoms with Crippen LogP contribution in [-0.2, 0) is 19.4 Å². The standard InChI is InChI=1S/C22H23NO.ClH/c1-23(2)19-13-17-9-6-10-20-21(12-11-18(14-19)22(17)20)24-15-16-7-4-3-5-8-16;/h3-12,19H,13-15H2,1-2H3;1H. The molecule has 0 fully saturated rings. The number of benzene rings is 3. The first-order valence-electron chi connectivity index (χ1n) is 8.59. The molecule has 2 nitrogen and oxygen atoms in total. The fraction of sp³-hybridized carbons (Fsp3) is 0.273. The second-order valence-electron chi connectivity index (χ2n) is 6.86. The van der Waals surface area contributed by atoms with Crippen molar-refractivity contribution in [3.8, 4) is 5.75 Å². The number of likely N-dealkylation sites (N-methyl/N-ethyl adjacent to an activating group) is 1. The number of ether oxygens (including phenoxy) is 1. The normalized spacial score (nSPS) is 15.9. The fourth-order valence-electron chi connectivity index (χ4n) is 3.68. The highest BCUT2D eigenvalue weighted by Gasteiger charge is 2.23. The molecule has 4 rings (SSSR count). The van der Waals surface area contributed by atoms with Gasteiger partial charge in [0.2, 0.25) is 0 Å². The summed E-state index contributed by atoms with van der Waals surface area (Å²) in [5.74, 6) is 0.989. The van der Waals surface area contributed by atoms with E-state index in [2.05, 4.69) is 73.6 Å². The van der Waals surface area contributed by atoms with Crippen LogP contribution in [0.4, 0.5) is 0 Å². The molecular formula is C22H24ClNO. The van der Waals surface area contributed by atoms with Gasteiger partial charge >= 0.3 is 0 Å². The smallest absolute Gasteiger partial charge is 0.127 e. The van der Waals surface area contributed by atoms with Gasteiger partial charge in [-0.3, -0.25) is 0 Å². The van der Waals surface area contributed by atoms with Gasteiger partial charge in [0, 0.05) is 11.4 Å². The van der Waals surface area contributed by atoms with Crippen molar-refractivity contribution in [2.45, 2.75) is 25.5 Å². The van der Waals surface area contributed by atoms with Gasteiger partial charge < -0.3 is 9.64 Å². The fourth-order valence-corrected chi connectivity index (χ4v) is 3.68. The summed E-state index contributed by atoms with van der Waals surface area (Å²) in [6.07, 6.45) is 2.22. The number of hydrogen-bond acceptors (Lipinski definition) is 2. The summed E-state index contributed by atoms with van der Waals surface area (Å²) in [6, 6.07) is 21.9. The van der Waals surface area contributed by atoms with Gasteiger partial charge in [-0.05, 0) is 55.1 Å². The van der Waals surface area contributed by atoms with Crippen LogP contribution >= 0.6 is 12.4 Å². The molecule has 0 heterocycles. The molecule has 0 spiro atoms. The SMILES string of the molecule is CN(C)C1Cc2cccc3c(OCc4ccccc4)ccc(c23)C1.Cl. The first-order chi connectivity index (χ1) is 11.7. The molecule has 0 radical (unpaired) electrons. The quantitative estimate of drug-likeness (QED) is 0.663. The first-order valence-corrected chi connectivity index (χ1v) is 8.59. The maximum absolute atomic E-state index is 6.15. The Morgan fingerprint density at radius 2 is 1.60 bits per heavy atom. The van der Waals surface area contributed by atoms with E-state index in [1.165, 1.54) is 27.5 Å².